The van der Waals surface area contributed by atoms with Crippen LogP contribution in [0.2, 0.25) is 0 Å². The Balaban J connectivity index is 1.80. The number of benzene rings is 3. The Morgan fingerprint density at radius 1 is 1.11 bits per heavy atom. The molecule has 3 aromatic rings. The second kappa shape index (κ2) is 9.75. The van der Waals surface area contributed by atoms with Gasteiger partial charge in [-0.2, -0.15) is 0 Å². The molecule has 0 fully saturated rings. The fourth-order valence-electron chi connectivity index (χ4n) is 3.60. The van der Waals surface area contributed by atoms with E-state index < -0.39 is 27.7 Å². The van der Waals surface area contributed by atoms with E-state index in [4.69, 9.17) is 4.74 Å². The van der Waals surface area contributed by atoms with E-state index in [1.54, 1.807) is 44.2 Å². The van der Waals surface area contributed by atoms with Crippen LogP contribution in [0.4, 0.5) is 15.8 Å². The van der Waals surface area contributed by atoms with E-state index in [1.807, 2.05) is 0 Å². The van der Waals surface area contributed by atoms with Gasteiger partial charge in [0.05, 0.1) is 28.4 Å². The van der Waals surface area contributed by atoms with E-state index in [1.165, 1.54) is 30.3 Å². The maximum atomic E-state index is 14.5. The van der Waals surface area contributed by atoms with Gasteiger partial charge in [0, 0.05) is 6.04 Å². The highest BCUT2D eigenvalue weighted by molar-refractivity contribution is 7.92. The smallest absolute Gasteiger partial charge is 0.264 e. The second-order valence-corrected chi connectivity index (χ2v) is 10.1. The highest BCUT2D eigenvalue weighted by atomic mass is 32.2. The molecule has 1 heterocycles. The number of amides is 2. The van der Waals surface area contributed by atoms with Crippen molar-refractivity contribution < 1.29 is 27.1 Å². The summed E-state index contributed by atoms with van der Waals surface area (Å²) in [6.07, 6.45) is 0. The standard InChI is InChI=1S/C25H24FN3O5S/c1-16(2)27-25(31)20-12-18(8-10-21(20)26)29(14-17-6-4-3-5-7-17)35(32,33)19-9-11-23-22(13-19)28-24(30)15-34-23/h3-13,16H,14-15H2,1-2H3,(H,27,31)(H,28,30). The average Bonchev–Trinajstić information content (AvgIpc) is 2.82. The van der Waals surface area contributed by atoms with Crippen LogP contribution in [0, 0.1) is 5.82 Å². The van der Waals surface area contributed by atoms with Crippen molar-refractivity contribution in [2.45, 2.75) is 31.3 Å². The number of halogens is 1. The van der Waals surface area contributed by atoms with Gasteiger partial charge >= 0.3 is 0 Å². The van der Waals surface area contributed by atoms with Gasteiger partial charge in [-0.25, -0.2) is 12.8 Å². The normalized spacial score (nSPS) is 13.0. The van der Waals surface area contributed by atoms with E-state index in [2.05, 4.69) is 10.6 Å². The first-order valence-corrected chi connectivity index (χ1v) is 12.3. The Labute approximate surface area is 202 Å². The number of fused-ring (bicyclic) bond motifs is 1. The minimum Gasteiger partial charge on any atom is -0.482 e. The van der Waals surface area contributed by atoms with Crippen molar-refractivity contribution in [1.29, 1.82) is 0 Å². The number of nitrogens with one attached hydrogen (secondary N) is 2. The zero-order chi connectivity index (χ0) is 25.2. The Morgan fingerprint density at radius 3 is 2.57 bits per heavy atom. The van der Waals surface area contributed by atoms with Crippen LogP contribution in [-0.2, 0) is 21.4 Å². The average molecular weight is 498 g/mol. The largest absolute Gasteiger partial charge is 0.482 e. The molecule has 0 saturated carbocycles. The van der Waals surface area contributed by atoms with Crippen molar-refractivity contribution in [3.8, 4) is 5.75 Å². The van der Waals surface area contributed by atoms with Crippen LogP contribution in [0.1, 0.15) is 29.8 Å². The molecule has 10 heteroatoms. The Morgan fingerprint density at radius 2 is 1.86 bits per heavy atom. The van der Waals surface area contributed by atoms with Crippen LogP contribution in [-0.4, -0.2) is 32.9 Å². The third-order valence-corrected chi connectivity index (χ3v) is 7.01. The number of anilines is 2. The number of hydrogen-bond acceptors (Lipinski definition) is 5. The molecule has 2 N–H and O–H groups in total. The summed E-state index contributed by atoms with van der Waals surface area (Å²) in [5, 5.41) is 5.22. The topological polar surface area (TPSA) is 105 Å². The molecule has 35 heavy (non-hydrogen) atoms. The van der Waals surface area contributed by atoms with Crippen molar-refractivity contribution in [2.24, 2.45) is 0 Å². The fourth-order valence-corrected chi connectivity index (χ4v) is 5.07. The van der Waals surface area contributed by atoms with Gasteiger partial charge in [0.15, 0.2) is 6.61 Å². The Kier molecular flexibility index (Phi) is 6.74. The second-order valence-electron chi connectivity index (χ2n) is 8.28. The molecular formula is C25H24FN3O5S. The summed E-state index contributed by atoms with van der Waals surface area (Å²) in [4.78, 5) is 24.2. The number of carbonyl (C=O) groups excluding carboxylic acids is 2. The number of carbonyl (C=O) groups is 2. The molecule has 1 aliphatic rings. The van der Waals surface area contributed by atoms with Crippen LogP contribution >= 0.6 is 0 Å². The van der Waals surface area contributed by atoms with Crippen LogP contribution < -0.4 is 19.7 Å². The predicted octanol–water partition coefficient (Wildman–Crippen LogP) is 3.69. The first kappa shape index (κ1) is 24.2. The quantitative estimate of drug-likeness (QED) is 0.518. The molecule has 4 rings (SSSR count). The lowest BCUT2D eigenvalue weighted by Crippen LogP contribution is -2.33. The SMILES string of the molecule is CC(C)NC(=O)c1cc(N(Cc2ccccc2)S(=O)(=O)c2ccc3c(c2)NC(=O)CO3)ccc1F. The third-order valence-electron chi connectivity index (χ3n) is 5.24. The summed E-state index contributed by atoms with van der Waals surface area (Å²) in [6, 6.07) is 16.4. The summed E-state index contributed by atoms with van der Waals surface area (Å²) in [6.45, 7) is 3.25. The molecule has 1 aliphatic heterocycles. The fraction of sp³-hybridized carbons (Fsp3) is 0.200. The van der Waals surface area contributed by atoms with Crippen molar-refractivity contribution >= 4 is 33.2 Å². The van der Waals surface area contributed by atoms with E-state index in [0.717, 1.165) is 10.4 Å². The number of sulfonamides is 1. The molecule has 0 saturated heterocycles. The molecule has 0 aromatic heterocycles. The molecule has 0 radical (unpaired) electrons. The van der Waals surface area contributed by atoms with Gasteiger partial charge in [0.1, 0.15) is 11.6 Å². The summed E-state index contributed by atoms with van der Waals surface area (Å²) in [7, 11) is -4.21. The van der Waals surface area contributed by atoms with Crippen LogP contribution in [0.25, 0.3) is 0 Å². The number of nitrogens with zero attached hydrogens (tertiary/aromatic N) is 1. The van der Waals surface area contributed by atoms with Gasteiger partial charge in [-0.1, -0.05) is 30.3 Å². The molecule has 182 valence electrons. The molecule has 0 atom stereocenters. The number of rotatable bonds is 7. The molecule has 8 nitrogen and oxygen atoms in total. The summed E-state index contributed by atoms with van der Waals surface area (Å²) in [5.74, 6) is -1.46. The van der Waals surface area contributed by atoms with E-state index >= 15 is 0 Å². The molecule has 2 amide bonds. The zero-order valence-electron chi connectivity index (χ0n) is 19.1. The molecule has 3 aromatic carbocycles. The van der Waals surface area contributed by atoms with Crippen molar-refractivity contribution in [3.63, 3.8) is 0 Å². The molecule has 0 unspecified atom stereocenters. The van der Waals surface area contributed by atoms with Gasteiger partial charge < -0.3 is 15.4 Å². The van der Waals surface area contributed by atoms with Gasteiger partial charge in [-0.05, 0) is 55.8 Å². The van der Waals surface area contributed by atoms with Crippen LogP contribution in [0.5, 0.6) is 5.75 Å². The molecular weight excluding hydrogens is 473 g/mol. The van der Waals surface area contributed by atoms with Crippen LogP contribution in [0.15, 0.2) is 71.6 Å². The first-order chi connectivity index (χ1) is 16.6. The number of ether oxygens (including phenoxy) is 1. The molecule has 0 bridgehead atoms. The lowest BCUT2D eigenvalue weighted by atomic mass is 10.1. The minimum atomic E-state index is -4.21. The van der Waals surface area contributed by atoms with Crippen molar-refractivity contribution in [3.05, 3.63) is 83.7 Å². The van der Waals surface area contributed by atoms with Crippen molar-refractivity contribution in [2.75, 3.05) is 16.2 Å². The molecule has 0 aliphatic carbocycles. The van der Waals surface area contributed by atoms with Gasteiger partial charge in [-0.3, -0.25) is 13.9 Å². The van der Waals surface area contributed by atoms with E-state index in [0.29, 0.717) is 11.3 Å². The zero-order valence-corrected chi connectivity index (χ0v) is 19.9. The summed E-state index contributed by atoms with van der Waals surface area (Å²) < 4.78 is 48.6. The van der Waals surface area contributed by atoms with E-state index in [-0.39, 0.29) is 41.0 Å². The lowest BCUT2D eigenvalue weighted by Gasteiger charge is -2.26. The van der Waals surface area contributed by atoms with Crippen LogP contribution in [0.3, 0.4) is 0 Å². The first-order valence-electron chi connectivity index (χ1n) is 10.9. The summed E-state index contributed by atoms with van der Waals surface area (Å²) >= 11 is 0. The highest BCUT2D eigenvalue weighted by Crippen LogP contribution is 2.33. The van der Waals surface area contributed by atoms with Gasteiger partial charge in [-0.15, -0.1) is 0 Å². The van der Waals surface area contributed by atoms with Gasteiger partial charge in [0.25, 0.3) is 21.8 Å². The maximum Gasteiger partial charge on any atom is 0.264 e. The molecule has 0 spiro atoms. The predicted molar refractivity (Wildman–Crippen MR) is 129 cm³/mol. The summed E-state index contributed by atoms with van der Waals surface area (Å²) in [5.41, 5.74) is 0.763. The Bertz CT molecular complexity index is 1380. The van der Waals surface area contributed by atoms with Crippen molar-refractivity contribution in [1.82, 2.24) is 5.32 Å². The third kappa shape index (κ3) is 5.27. The van der Waals surface area contributed by atoms with E-state index in [9.17, 15) is 22.4 Å². The monoisotopic (exact) mass is 497 g/mol. The maximum absolute atomic E-state index is 14.5. The Hall–Kier alpha value is -3.92. The van der Waals surface area contributed by atoms with Gasteiger partial charge in [0.2, 0.25) is 0 Å². The highest BCUT2D eigenvalue weighted by Gasteiger charge is 2.29. The lowest BCUT2D eigenvalue weighted by molar-refractivity contribution is -0.118. The minimum absolute atomic E-state index is 0.0695. The number of hydrogen-bond donors (Lipinski definition) is 2.